The number of benzene rings is 1. The number of nitrogens with zero attached hydrogens (tertiary/aromatic N) is 1. The van der Waals surface area contributed by atoms with Gasteiger partial charge in [0.25, 0.3) is 15.9 Å². The first-order valence-corrected chi connectivity index (χ1v) is 11.4. The second-order valence-electron chi connectivity index (χ2n) is 6.15. The van der Waals surface area contributed by atoms with E-state index in [-0.39, 0.29) is 5.91 Å². The zero-order valence-corrected chi connectivity index (χ0v) is 17.4. The largest absolute Gasteiger partial charge is 0.347 e. The van der Waals surface area contributed by atoms with Crippen LogP contribution in [0.15, 0.2) is 50.5 Å². The van der Waals surface area contributed by atoms with Gasteiger partial charge in [0.05, 0.1) is 30.0 Å². The molecule has 1 aliphatic rings. The number of hydrogen-bond acceptors (Lipinski definition) is 4. The predicted octanol–water partition coefficient (Wildman–Crippen LogP) is 0.716. The molecular weight excluding hydrogens is 438 g/mol. The number of hydrogen-bond donors (Lipinski definition) is 2. The fraction of sp³-hybridized carbons (Fsp3) is 0.353. The Kier molecular flexibility index (Phi) is 6.46. The quantitative estimate of drug-likeness (QED) is 0.669. The van der Waals surface area contributed by atoms with Gasteiger partial charge in [-0.2, -0.15) is 4.31 Å². The predicted molar refractivity (Wildman–Crippen MR) is 105 cm³/mol. The highest BCUT2D eigenvalue weighted by molar-refractivity contribution is 9.11. The molecule has 3 rings (SSSR count). The molecule has 2 aromatic rings. The van der Waals surface area contributed by atoms with Crippen molar-refractivity contribution in [1.29, 1.82) is 0 Å². The molecule has 6 nitrogen and oxygen atoms in total. The zero-order chi connectivity index (χ0) is 18.6. The van der Waals surface area contributed by atoms with Gasteiger partial charge < -0.3 is 10.2 Å². The van der Waals surface area contributed by atoms with Crippen molar-refractivity contribution in [3.8, 4) is 0 Å². The Morgan fingerprint density at radius 1 is 1.15 bits per heavy atom. The minimum Gasteiger partial charge on any atom is -0.347 e. The van der Waals surface area contributed by atoms with E-state index in [1.54, 1.807) is 12.1 Å². The number of rotatable bonds is 6. The fourth-order valence-electron chi connectivity index (χ4n) is 2.87. The number of piperazine rings is 1. The minimum atomic E-state index is -3.43. The molecule has 0 aliphatic carbocycles. The lowest BCUT2D eigenvalue weighted by Gasteiger charge is -2.30. The number of carbonyl (C=O) groups is 1. The third kappa shape index (κ3) is 4.92. The van der Waals surface area contributed by atoms with Crippen LogP contribution in [0.5, 0.6) is 0 Å². The van der Waals surface area contributed by atoms with Crippen LogP contribution in [0.4, 0.5) is 0 Å². The van der Waals surface area contributed by atoms with Crippen molar-refractivity contribution in [3.05, 3.63) is 51.8 Å². The molecule has 0 atom stereocenters. The van der Waals surface area contributed by atoms with Gasteiger partial charge in [-0.25, -0.2) is 8.42 Å². The van der Waals surface area contributed by atoms with E-state index in [2.05, 4.69) is 21.2 Å². The molecular formula is C17H21BrN3O3S2+. The number of halogens is 1. The Balaban J connectivity index is 1.47. The van der Waals surface area contributed by atoms with Gasteiger partial charge in [-0.15, -0.1) is 11.3 Å². The molecule has 0 bridgehead atoms. The summed E-state index contributed by atoms with van der Waals surface area (Å²) in [6.07, 6.45) is 0. The average molecular weight is 459 g/mol. The Bertz CT molecular complexity index is 847. The summed E-state index contributed by atoms with van der Waals surface area (Å²) in [6.45, 7) is 3.00. The summed E-state index contributed by atoms with van der Waals surface area (Å²) in [7, 11) is -3.43. The maximum atomic E-state index is 12.6. The Morgan fingerprint density at radius 2 is 1.85 bits per heavy atom. The third-order valence-corrected chi connectivity index (χ3v) is 8.30. The van der Waals surface area contributed by atoms with Crippen molar-refractivity contribution in [2.24, 2.45) is 0 Å². The molecule has 0 saturated carbocycles. The first-order chi connectivity index (χ1) is 12.4. The van der Waals surface area contributed by atoms with Gasteiger partial charge in [0.1, 0.15) is 4.21 Å². The van der Waals surface area contributed by atoms with Gasteiger partial charge in [0.2, 0.25) is 0 Å². The average Bonchev–Trinajstić information content (AvgIpc) is 3.09. The summed E-state index contributed by atoms with van der Waals surface area (Å²) in [5, 5.41) is 2.92. The normalized spacial score (nSPS) is 16.5. The molecule has 0 radical (unpaired) electrons. The van der Waals surface area contributed by atoms with Crippen molar-refractivity contribution in [2.75, 3.05) is 32.7 Å². The van der Waals surface area contributed by atoms with Crippen molar-refractivity contribution >= 4 is 43.2 Å². The van der Waals surface area contributed by atoms with Crippen LogP contribution in [-0.4, -0.2) is 51.4 Å². The van der Waals surface area contributed by atoms with E-state index in [1.165, 1.54) is 15.6 Å². The molecule has 1 aliphatic heterocycles. The molecule has 1 amide bonds. The maximum absolute atomic E-state index is 12.6. The fourth-order valence-corrected chi connectivity index (χ4v) is 6.47. The van der Waals surface area contributed by atoms with Crippen molar-refractivity contribution in [1.82, 2.24) is 9.62 Å². The number of thiophene rings is 1. The summed E-state index contributed by atoms with van der Waals surface area (Å²) in [6, 6.07) is 13.1. The number of nitrogens with one attached hydrogen (secondary N) is 2. The standard InChI is InChI=1S/C17H20BrN3O3S2/c18-15-6-7-17(25-15)26(23,24)21-10-8-20(9-11-21)13-16(22)19-12-14-4-2-1-3-5-14/h1-7H,8-13H2,(H,19,22)/p+1. The molecule has 1 aromatic carbocycles. The summed E-state index contributed by atoms with van der Waals surface area (Å²) >= 11 is 4.52. The number of sulfonamides is 1. The summed E-state index contributed by atoms with van der Waals surface area (Å²) in [5.41, 5.74) is 1.06. The van der Waals surface area contributed by atoms with Gasteiger partial charge in [-0.05, 0) is 33.6 Å². The second kappa shape index (κ2) is 8.62. The molecule has 1 aromatic heterocycles. The van der Waals surface area contributed by atoms with Crippen LogP contribution in [0.3, 0.4) is 0 Å². The smallest absolute Gasteiger partial charge is 0.275 e. The van der Waals surface area contributed by atoms with E-state index in [0.717, 1.165) is 14.2 Å². The van der Waals surface area contributed by atoms with E-state index >= 15 is 0 Å². The number of carbonyl (C=O) groups excluding carboxylic acids is 1. The molecule has 140 valence electrons. The lowest BCUT2D eigenvalue weighted by Crippen LogP contribution is -3.15. The van der Waals surface area contributed by atoms with Crippen LogP contribution in [0.1, 0.15) is 5.56 Å². The van der Waals surface area contributed by atoms with Gasteiger partial charge in [0.15, 0.2) is 6.54 Å². The minimum absolute atomic E-state index is 0.0117. The topological polar surface area (TPSA) is 70.9 Å². The van der Waals surface area contributed by atoms with Crippen LogP contribution in [-0.2, 0) is 21.4 Å². The van der Waals surface area contributed by atoms with Gasteiger partial charge in [-0.1, -0.05) is 30.3 Å². The monoisotopic (exact) mass is 458 g/mol. The Hall–Kier alpha value is -1.26. The molecule has 2 N–H and O–H groups in total. The summed E-state index contributed by atoms with van der Waals surface area (Å²) in [5.74, 6) is -0.0117. The van der Waals surface area contributed by atoms with E-state index in [4.69, 9.17) is 0 Å². The first kappa shape index (κ1) is 19.5. The van der Waals surface area contributed by atoms with Gasteiger partial charge >= 0.3 is 0 Å². The summed E-state index contributed by atoms with van der Waals surface area (Å²) < 4.78 is 27.9. The van der Waals surface area contributed by atoms with Gasteiger partial charge in [0, 0.05) is 6.54 Å². The van der Waals surface area contributed by atoms with E-state index in [0.29, 0.717) is 43.5 Å². The highest BCUT2D eigenvalue weighted by atomic mass is 79.9. The van der Waals surface area contributed by atoms with Crippen molar-refractivity contribution < 1.29 is 18.1 Å². The molecule has 0 unspecified atom stereocenters. The molecule has 0 spiro atoms. The SMILES string of the molecule is O=C(C[NH+]1CCN(S(=O)(=O)c2ccc(Br)s2)CC1)NCc1ccccc1. The maximum Gasteiger partial charge on any atom is 0.275 e. The molecule has 9 heteroatoms. The number of amides is 1. The Labute approximate surface area is 166 Å². The molecule has 26 heavy (non-hydrogen) atoms. The molecule has 2 heterocycles. The highest BCUT2D eigenvalue weighted by Crippen LogP contribution is 2.28. The van der Waals surface area contributed by atoms with Crippen LogP contribution < -0.4 is 10.2 Å². The van der Waals surface area contributed by atoms with Gasteiger partial charge in [-0.3, -0.25) is 4.79 Å². The van der Waals surface area contributed by atoms with E-state index < -0.39 is 10.0 Å². The van der Waals surface area contributed by atoms with E-state index in [1.807, 2.05) is 30.3 Å². The second-order valence-corrected chi connectivity index (χ2v) is 10.8. The lowest BCUT2D eigenvalue weighted by atomic mass is 10.2. The van der Waals surface area contributed by atoms with Crippen molar-refractivity contribution in [3.63, 3.8) is 0 Å². The Morgan fingerprint density at radius 3 is 2.46 bits per heavy atom. The zero-order valence-electron chi connectivity index (χ0n) is 14.2. The number of quaternary nitrogens is 1. The van der Waals surface area contributed by atoms with Crippen molar-refractivity contribution in [2.45, 2.75) is 10.8 Å². The summed E-state index contributed by atoms with van der Waals surface area (Å²) in [4.78, 5) is 13.2. The highest BCUT2D eigenvalue weighted by Gasteiger charge is 2.31. The van der Waals surface area contributed by atoms with Crippen LogP contribution >= 0.6 is 27.3 Å². The van der Waals surface area contributed by atoms with Crippen LogP contribution in [0.25, 0.3) is 0 Å². The third-order valence-electron chi connectivity index (χ3n) is 4.32. The molecule has 1 fully saturated rings. The van der Waals surface area contributed by atoms with Crippen LogP contribution in [0.2, 0.25) is 0 Å². The van der Waals surface area contributed by atoms with E-state index in [9.17, 15) is 13.2 Å². The van der Waals surface area contributed by atoms with Crippen LogP contribution in [0, 0.1) is 0 Å². The first-order valence-electron chi connectivity index (χ1n) is 8.35. The molecule has 1 saturated heterocycles. The lowest BCUT2D eigenvalue weighted by molar-refractivity contribution is -0.895.